The number of hydrogen-bond donors (Lipinski definition) is 1. The normalized spacial score (nSPS) is 10.5. The van der Waals surface area contributed by atoms with Crippen LogP contribution in [0.5, 0.6) is 5.88 Å². The second kappa shape index (κ2) is 7.69. The van der Waals surface area contributed by atoms with Gasteiger partial charge in [0.25, 0.3) is 11.7 Å². The van der Waals surface area contributed by atoms with Gasteiger partial charge in [-0.2, -0.15) is 8.78 Å². The zero-order valence-electron chi connectivity index (χ0n) is 11.6. The van der Waals surface area contributed by atoms with E-state index in [1.54, 1.807) is 18.3 Å². The number of halogens is 2. The molecule has 22 heavy (non-hydrogen) atoms. The highest BCUT2D eigenvalue weighted by atomic mass is 32.2. The van der Waals surface area contributed by atoms with Crippen LogP contribution >= 0.6 is 11.8 Å². The molecule has 0 fully saturated rings. The van der Waals surface area contributed by atoms with Crippen molar-refractivity contribution >= 4 is 17.7 Å². The Balaban J connectivity index is 2.02. The smallest absolute Gasteiger partial charge is 0.290 e. The number of methoxy groups -OCH3 is 1. The van der Waals surface area contributed by atoms with Gasteiger partial charge in [-0.25, -0.2) is 9.97 Å². The van der Waals surface area contributed by atoms with Crippen LogP contribution in [-0.2, 0) is 6.54 Å². The summed E-state index contributed by atoms with van der Waals surface area (Å²) in [7, 11) is 1.51. The molecule has 0 saturated carbocycles. The van der Waals surface area contributed by atoms with Crippen molar-refractivity contribution in [3.63, 3.8) is 0 Å². The van der Waals surface area contributed by atoms with Gasteiger partial charge in [0, 0.05) is 25.0 Å². The van der Waals surface area contributed by atoms with Crippen molar-refractivity contribution < 1.29 is 18.3 Å². The molecule has 2 rings (SSSR count). The average molecular weight is 325 g/mol. The van der Waals surface area contributed by atoms with Crippen molar-refractivity contribution in [2.45, 2.75) is 17.3 Å². The van der Waals surface area contributed by atoms with E-state index in [-0.39, 0.29) is 28.9 Å². The minimum atomic E-state index is -2.63. The minimum absolute atomic E-state index is 0.00264. The van der Waals surface area contributed by atoms with E-state index in [9.17, 15) is 13.6 Å². The van der Waals surface area contributed by atoms with Gasteiger partial charge in [-0.3, -0.25) is 4.79 Å². The molecule has 0 aliphatic carbocycles. The Morgan fingerprint density at radius 2 is 2.18 bits per heavy atom. The molecule has 0 saturated heterocycles. The maximum absolute atomic E-state index is 12.5. The van der Waals surface area contributed by atoms with Gasteiger partial charge in [0.15, 0.2) is 0 Å². The summed E-state index contributed by atoms with van der Waals surface area (Å²) in [6, 6.07) is 6.41. The second-order valence-electron chi connectivity index (χ2n) is 4.13. The van der Waals surface area contributed by atoms with Gasteiger partial charge in [-0.1, -0.05) is 6.07 Å². The summed E-state index contributed by atoms with van der Waals surface area (Å²) in [5, 5.41) is 2.65. The van der Waals surface area contributed by atoms with Gasteiger partial charge >= 0.3 is 0 Å². The molecular weight excluding hydrogens is 312 g/mol. The average Bonchev–Trinajstić information content (AvgIpc) is 2.53. The molecule has 116 valence electrons. The number of nitrogens with one attached hydrogen (secondary N) is 1. The molecule has 0 aliphatic heterocycles. The number of amides is 1. The number of carbonyl (C=O) groups is 1. The van der Waals surface area contributed by atoms with Gasteiger partial charge in [0.05, 0.1) is 12.7 Å². The number of hydrogen-bond acceptors (Lipinski definition) is 5. The molecule has 8 heteroatoms. The first-order valence-electron chi connectivity index (χ1n) is 6.27. The first-order chi connectivity index (χ1) is 10.6. The molecule has 2 aromatic rings. The van der Waals surface area contributed by atoms with Crippen molar-refractivity contribution in [3.05, 3.63) is 47.8 Å². The standard InChI is InChI=1S/C14H13F2N3O2S/c1-21-11-5-4-9(7-18-11)8-19-12(20)10-3-2-6-17-13(10)22-14(15)16/h2-7,14H,8H2,1H3,(H,19,20). The molecule has 2 aromatic heterocycles. The maximum atomic E-state index is 12.5. The van der Waals surface area contributed by atoms with Crippen LogP contribution in [0.4, 0.5) is 8.78 Å². The fourth-order valence-electron chi connectivity index (χ4n) is 1.66. The van der Waals surface area contributed by atoms with Gasteiger partial charge < -0.3 is 10.1 Å². The molecule has 0 bridgehead atoms. The number of nitrogens with zero attached hydrogens (tertiary/aromatic N) is 2. The Kier molecular flexibility index (Phi) is 5.65. The lowest BCUT2D eigenvalue weighted by Crippen LogP contribution is -2.23. The van der Waals surface area contributed by atoms with Crippen LogP contribution in [0.1, 0.15) is 15.9 Å². The van der Waals surface area contributed by atoms with E-state index in [0.717, 1.165) is 5.56 Å². The predicted molar refractivity (Wildman–Crippen MR) is 78.1 cm³/mol. The summed E-state index contributed by atoms with van der Waals surface area (Å²) in [6.45, 7) is 0.226. The second-order valence-corrected chi connectivity index (χ2v) is 5.10. The zero-order valence-corrected chi connectivity index (χ0v) is 12.4. The van der Waals surface area contributed by atoms with E-state index in [1.807, 2.05) is 0 Å². The van der Waals surface area contributed by atoms with E-state index >= 15 is 0 Å². The topological polar surface area (TPSA) is 64.1 Å². The van der Waals surface area contributed by atoms with E-state index in [1.165, 1.54) is 25.4 Å². The van der Waals surface area contributed by atoms with Crippen molar-refractivity contribution in [1.82, 2.24) is 15.3 Å². The summed E-state index contributed by atoms with van der Waals surface area (Å²) in [6.07, 6.45) is 2.94. The summed E-state index contributed by atoms with van der Waals surface area (Å²) >= 11 is 0.246. The first-order valence-corrected chi connectivity index (χ1v) is 7.15. The molecule has 0 aliphatic rings. The summed E-state index contributed by atoms with van der Waals surface area (Å²) < 4.78 is 29.9. The van der Waals surface area contributed by atoms with Crippen LogP contribution in [-0.4, -0.2) is 28.7 Å². The van der Waals surface area contributed by atoms with Gasteiger partial charge in [0.1, 0.15) is 5.03 Å². The van der Waals surface area contributed by atoms with Crippen LogP contribution in [0.3, 0.4) is 0 Å². The Morgan fingerprint density at radius 3 is 2.82 bits per heavy atom. The highest BCUT2D eigenvalue weighted by molar-refractivity contribution is 7.99. The number of carbonyl (C=O) groups excluding carboxylic acids is 1. The molecule has 2 heterocycles. The fraction of sp³-hybridized carbons (Fsp3) is 0.214. The monoisotopic (exact) mass is 325 g/mol. The van der Waals surface area contributed by atoms with Gasteiger partial charge in [0.2, 0.25) is 5.88 Å². The Hall–Kier alpha value is -2.22. The number of pyridine rings is 2. The third-order valence-electron chi connectivity index (χ3n) is 2.68. The van der Waals surface area contributed by atoms with E-state index in [2.05, 4.69) is 15.3 Å². The van der Waals surface area contributed by atoms with E-state index in [4.69, 9.17) is 4.74 Å². The van der Waals surface area contributed by atoms with Crippen molar-refractivity contribution in [1.29, 1.82) is 0 Å². The molecule has 0 atom stereocenters. The first kappa shape index (κ1) is 16.2. The van der Waals surface area contributed by atoms with Crippen LogP contribution in [0.2, 0.25) is 0 Å². The number of rotatable bonds is 6. The molecule has 1 amide bonds. The van der Waals surface area contributed by atoms with E-state index in [0.29, 0.717) is 5.88 Å². The lowest BCUT2D eigenvalue weighted by atomic mass is 10.2. The summed E-state index contributed by atoms with van der Waals surface area (Å²) in [5.41, 5.74) is 0.885. The molecular formula is C14H13F2N3O2S. The summed E-state index contributed by atoms with van der Waals surface area (Å²) in [5.74, 6) is -2.63. The fourth-order valence-corrected chi connectivity index (χ4v) is 2.23. The highest BCUT2D eigenvalue weighted by Crippen LogP contribution is 2.26. The van der Waals surface area contributed by atoms with Gasteiger partial charge in [-0.05, 0) is 29.5 Å². The highest BCUT2D eigenvalue weighted by Gasteiger charge is 2.16. The lowest BCUT2D eigenvalue weighted by Gasteiger charge is -2.09. The van der Waals surface area contributed by atoms with Crippen LogP contribution in [0.15, 0.2) is 41.7 Å². The van der Waals surface area contributed by atoms with Gasteiger partial charge in [-0.15, -0.1) is 0 Å². The maximum Gasteiger partial charge on any atom is 0.290 e. The Morgan fingerprint density at radius 1 is 1.36 bits per heavy atom. The van der Waals surface area contributed by atoms with Crippen LogP contribution in [0.25, 0.3) is 0 Å². The van der Waals surface area contributed by atoms with Crippen LogP contribution in [0, 0.1) is 0 Å². The molecule has 5 nitrogen and oxygen atoms in total. The number of aromatic nitrogens is 2. The third-order valence-corrected chi connectivity index (χ3v) is 3.40. The van der Waals surface area contributed by atoms with Crippen LogP contribution < -0.4 is 10.1 Å². The summed E-state index contributed by atoms with van der Waals surface area (Å²) in [4.78, 5) is 19.9. The Labute approximate surface area is 130 Å². The predicted octanol–water partition coefficient (Wildman–Crippen LogP) is 2.73. The molecule has 0 radical (unpaired) electrons. The number of thioether (sulfide) groups is 1. The molecule has 0 spiro atoms. The largest absolute Gasteiger partial charge is 0.481 e. The zero-order chi connectivity index (χ0) is 15.9. The molecule has 0 aromatic carbocycles. The number of alkyl halides is 2. The Bertz CT molecular complexity index is 638. The van der Waals surface area contributed by atoms with Crippen molar-refractivity contribution in [2.75, 3.05) is 7.11 Å². The third kappa shape index (κ3) is 4.39. The minimum Gasteiger partial charge on any atom is -0.481 e. The van der Waals surface area contributed by atoms with Crippen molar-refractivity contribution in [3.8, 4) is 5.88 Å². The molecule has 0 unspecified atom stereocenters. The quantitative estimate of drug-likeness (QED) is 0.827. The van der Waals surface area contributed by atoms with Crippen molar-refractivity contribution in [2.24, 2.45) is 0 Å². The SMILES string of the molecule is COc1ccc(CNC(=O)c2cccnc2SC(F)F)cn1. The lowest BCUT2D eigenvalue weighted by molar-refractivity contribution is 0.0947. The number of ether oxygens (including phenoxy) is 1. The van der Waals surface area contributed by atoms with E-state index < -0.39 is 11.7 Å². The molecule has 1 N–H and O–H groups in total.